The molecule has 2 aliphatic rings. The number of halogens is 1. The molecule has 0 saturated heterocycles. The zero-order valence-electron chi connectivity index (χ0n) is 15.0. The van der Waals surface area contributed by atoms with E-state index in [9.17, 15) is 5.11 Å². The Kier molecular flexibility index (Phi) is 4.76. The molecule has 4 rings (SSSR count). The highest BCUT2D eigenvalue weighted by Crippen LogP contribution is 2.38. The fourth-order valence-corrected chi connectivity index (χ4v) is 4.38. The van der Waals surface area contributed by atoms with Crippen LogP contribution < -0.4 is 9.64 Å². The summed E-state index contributed by atoms with van der Waals surface area (Å²) in [6, 6.07) is 16.1. The molecule has 1 N–H and O–H groups in total. The van der Waals surface area contributed by atoms with Crippen LogP contribution in [0.2, 0.25) is 0 Å². The van der Waals surface area contributed by atoms with Gasteiger partial charge in [-0.2, -0.15) is 0 Å². The smallest absolute Gasteiger partial charge is 0.271 e. The molecular formula is C21H24BrN2O2+. The summed E-state index contributed by atoms with van der Waals surface area (Å²) in [5.74, 6) is 2.03. The molecule has 0 fully saturated rings. The van der Waals surface area contributed by atoms with Crippen LogP contribution in [0.5, 0.6) is 5.75 Å². The van der Waals surface area contributed by atoms with Crippen molar-refractivity contribution in [2.24, 2.45) is 0 Å². The van der Waals surface area contributed by atoms with Crippen molar-refractivity contribution in [2.45, 2.75) is 31.4 Å². The molecule has 2 aromatic rings. The second kappa shape index (κ2) is 7.05. The van der Waals surface area contributed by atoms with Crippen molar-refractivity contribution in [3.8, 4) is 5.75 Å². The van der Waals surface area contributed by atoms with E-state index in [2.05, 4.69) is 31.5 Å². The SMILES string of the molecule is COc1ccccc1N1CC(O)(c2ccc(Br)cc2)[N+]2=C1CCCCC2. The summed E-state index contributed by atoms with van der Waals surface area (Å²) in [5, 5.41) is 11.8. The molecule has 0 bridgehead atoms. The average molecular weight is 416 g/mol. The van der Waals surface area contributed by atoms with Gasteiger partial charge in [0.1, 0.15) is 0 Å². The number of rotatable bonds is 3. The van der Waals surface area contributed by atoms with Crippen molar-refractivity contribution in [2.75, 3.05) is 25.1 Å². The van der Waals surface area contributed by atoms with Crippen molar-refractivity contribution >= 4 is 27.5 Å². The van der Waals surface area contributed by atoms with Gasteiger partial charge in [0, 0.05) is 16.5 Å². The Morgan fingerprint density at radius 3 is 2.62 bits per heavy atom. The van der Waals surface area contributed by atoms with Gasteiger partial charge >= 0.3 is 0 Å². The average Bonchev–Trinajstić information content (AvgIpc) is 2.82. The number of ether oxygens (including phenoxy) is 1. The van der Waals surface area contributed by atoms with Gasteiger partial charge in [0.2, 0.25) is 0 Å². The Labute approximate surface area is 162 Å². The Hall–Kier alpha value is -1.85. The van der Waals surface area contributed by atoms with Crippen molar-refractivity contribution < 1.29 is 14.4 Å². The number of aliphatic hydroxyl groups is 1. The number of para-hydroxylation sites is 2. The van der Waals surface area contributed by atoms with E-state index in [0.29, 0.717) is 6.54 Å². The number of methoxy groups -OCH3 is 1. The van der Waals surface area contributed by atoms with Gasteiger partial charge in [0.25, 0.3) is 11.6 Å². The molecule has 5 heteroatoms. The topological polar surface area (TPSA) is 35.7 Å². The van der Waals surface area contributed by atoms with E-state index in [-0.39, 0.29) is 0 Å². The molecular weight excluding hydrogens is 392 g/mol. The Morgan fingerprint density at radius 2 is 1.85 bits per heavy atom. The molecule has 0 spiro atoms. The third-order valence-electron chi connectivity index (χ3n) is 5.41. The lowest BCUT2D eigenvalue weighted by Crippen LogP contribution is -2.41. The first-order valence-corrected chi connectivity index (χ1v) is 9.95. The lowest BCUT2D eigenvalue weighted by molar-refractivity contribution is -0.658. The van der Waals surface area contributed by atoms with Crippen LogP contribution >= 0.6 is 15.9 Å². The van der Waals surface area contributed by atoms with Crippen molar-refractivity contribution in [3.05, 3.63) is 58.6 Å². The Balaban J connectivity index is 1.83. The van der Waals surface area contributed by atoms with E-state index in [1.807, 2.05) is 42.5 Å². The highest BCUT2D eigenvalue weighted by Gasteiger charge is 2.52. The summed E-state index contributed by atoms with van der Waals surface area (Å²) in [4.78, 5) is 2.24. The summed E-state index contributed by atoms with van der Waals surface area (Å²) >= 11 is 3.49. The molecule has 0 radical (unpaired) electrons. The molecule has 0 saturated carbocycles. The number of benzene rings is 2. The molecule has 1 unspecified atom stereocenters. The molecule has 136 valence electrons. The normalized spacial score (nSPS) is 23.0. The second-order valence-electron chi connectivity index (χ2n) is 6.96. The van der Waals surface area contributed by atoms with Gasteiger partial charge in [-0.1, -0.05) is 40.2 Å². The van der Waals surface area contributed by atoms with E-state index in [1.165, 1.54) is 12.3 Å². The number of β-amino-alcohol motifs (C(OH)–C–C–N with tert-alkyl or cyclic N) is 1. The van der Waals surface area contributed by atoms with E-state index in [0.717, 1.165) is 47.3 Å². The van der Waals surface area contributed by atoms with Gasteiger partial charge in [0.05, 0.1) is 13.7 Å². The largest absolute Gasteiger partial charge is 0.492 e. The Bertz CT molecular complexity index is 834. The molecule has 0 aromatic heterocycles. The van der Waals surface area contributed by atoms with Gasteiger partial charge in [-0.15, -0.1) is 0 Å². The van der Waals surface area contributed by atoms with Crippen LogP contribution in [0, 0.1) is 0 Å². The summed E-state index contributed by atoms with van der Waals surface area (Å²) < 4.78 is 8.82. The molecule has 0 aliphatic carbocycles. The highest BCUT2D eigenvalue weighted by atomic mass is 79.9. The number of amidine groups is 1. The van der Waals surface area contributed by atoms with Crippen molar-refractivity contribution in [1.29, 1.82) is 0 Å². The summed E-state index contributed by atoms with van der Waals surface area (Å²) in [5.41, 5.74) is 0.920. The van der Waals surface area contributed by atoms with Gasteiger partial charge in [-0.25, -0.2) is 9.48 Å². The number of nitrogens with zero attached hydrogens (tertiary/aromatic N) is 2. The minimum atomic E-state index is -1.03. The summed E-state index contributed by atoms with van der Waals surface area (Å²) in [6.45, 7) is 1.37. The molecule has 2 heterocycles. The number of hydrogen-bond donors (Lipinski definition) is 1. The first-order chi connectivity index (χ1) is 12.6. The number of hydrogen-bond acceptors (Lipinski definition) is 3. The van der Waals surface area contributed by atoms with Crippen LogP contribution in [0.25, 0.3) is 0 Å². The van der Waals surface area contributed by atoms with Gasteiger partial charge < -0.3 is 9.84 Å². The first kappa shape index (κ1) is 17.6. The standard InChI is InChI=1S/C21H24BrN2O2/c1-26-19-8-5-4-7-18(19)23-15-21(25,16-10-12-17(22)13-11-16)24-14-6-2-3-9-20(23)24/h4-5,7-8,10-13,25H,2-3,6,9,14-15H2,1H3/q+1. The third kappa shape index (κ3) is 2.93. The molecule has 1 atom stereocenters. The van der Waals surface area contributed by atoms with E-state index < -0.39 is 5.72 Å². The zero-order chi connectivity index (χ0) is 18.1. The minimum absolute atomic E-state index is 0.504. The first-order valence-electron chi connectivity index (χ1n) is 9.16. The van der Waals surface area contributed by atoms with Crippen LogP contribution in [0.15, 0.2) is 53.0 Å². The van der Waals surface area contributed by atoms with Crippen LogP contribution in [0.4, 0.5) is 5.69 Å². The molecule has 2 aromatic carbocycles. The van der Waals surface area contributed by atoms with E-state index in [1.54, 1.807) is 7.11 Å². The van der Waals surface area contributed by atoms with E-state index in [4.69, 9.17) is 4.74 Å². The lowest BCUT2D eigenvalue weighted by atomic mass is 10.0. The fraction of sp³-hybridized carbons (Fsp3) is 0.381. The molecule has 0 amide bonds. The maximum Gasteiger partial charge on any atom is 0.271 e. The maximum absolute atomic E-state index is 11.8. The van der Waals surface area contributed by atoms with Gasteiger partial charge in [-0.3, -0.25) is 0 Å². The second-order valence-corrected chi connectivity index (χ2v) is 7.88. The fourth-order valence-electron chi connectivity index (χ4n) is 4.11. The molecule has 4 nitrogen and oxygen atoms in total. The molecule has 26 heavy (non-hydrogen) atoms. The quantitative estimate of drug-likeness (QED) is 0.766. The maximum atomic E-state index is 11.8. The van der Waals surface area contributed by atoms with Crippen molar-refractivity contribution in [1.82, 2.24) is 0 Å². The minimum Gasteiger partial charge on any atom is -0.492 e. The highest BCUT2D eigenvalue weighted by molar-refractivity contribution is 9.10. The van der Waals surface area contributed by atoms with Crippen LogP contribution in [0.3, 0.4) is 0 Å². The predicted octanol–water partition coefficient (Wildman–Crippen LogP) is 4.11. The van der Waals surface area contributed by atoms with Gasteiger partial charge in [-0.05, 0) is 43.5 Å². The summed E-state index contributed by atoms with van der Waals surface area (Å²) in [7, 11) is 1.70. The monoisotopic (exact) mass is 415 g/mol. The van der Waals surface area contributed by atoms with Crippen LogP contribution in [-0.4, -0.2) is 35.7 Å². The van der Waals surface area contributed by atoms with Crippen molar-refractivity contribution in [3.63, 3.8) is 0 Å². The van der Waals surface area contributed by atoms with Gasteiger partial charge in [0.15, 0.2) is 18.0 Å². The van der Waals surface area contributed by atoms with E-state index >= 15 is 0 Å². The lowest BCUT2D eigenvalue weighted by Gasteiger charge is -2.23. The van der Waals surface area contributed by atoms with Crippen LogP contribution in [0.1, 0.15) is 31.2 Å². The van der Waals surface area contributed by atoms with Crippen LogP contribution in [-0.2, 0) is 5.72 Å². The number of anilines is 1. The zero-order valence-corrected chi connectivity index (χ0v) is 16.6. The predicted molar refractivity (Wildman–Crippen MR) is 107 cm³/mol. The Morgan fingerprint density at radius 1 is 1.08 bits per heavy atom. The summed E-state index contributed by atoms with van der Waals surface area (Å²) in [6.07, 6.45) is 4.41. The molecule has 2 aliphatic heterocycles. The third-order valence-corrected chi connectivity index (χ3v) is 5.94.